The number of nitrogens with one attached hydrogen (secondary N) is 2. The Kier molecular flexibility index (Phi) is 7.11. The van der Waals surface area contributed by atoms with Gasteiger partial charge < -0.3 is 9.73 Å². The van der Waals surface area contributed by atoms with Gasteiger partial charge in [-0.25, -0.2) is 18.4 Å². The summed E-state index contributed by atoms with van der Waals surface area (Å²) in [6.07, 6.45) is -3.41. The highest BCUT2D eigenvalue weighted by molar-refractivity contribution is 7.89. The fourth-order valence-corrected chi connectivity index (χ4v) is 6.02. The summed E-state index contributed by atoms with van der Waals surface area (Å²) in [5.41, 5.74) is 1.37. The standard InChI is InChI=1S/C25H28F3N7O3S/c1-15(31-24-18-5-4-6-19(25(26,27)28)23(18)29-14-30-24)13-34-9-11-35(12-10-34)39(36,37)21-8-7-20(38-21)22-16(2)17(3)32-33-22/h4-8,14-15H,9-13H2,1-3H3,(H,32,33)(H,29,30,31)/t15-/m0/s1. The third kappa shape index (κ3) is 5.36. The molecule has 1 fully saturated rings. The van der Waals surface area contributed by atoms with E-state index in [1.807, 2.05) is 20.8 Å². The Hall–Kier alpha value is -3.49. The van der Waals surface area contributed by atoms with E-state index in [0.717, 1.165) is 23.7 Å². The average Bonchev–Trinajstić information content (AvgIpc) is 3.51. The van der Waals surface area contributed by atoms with E-state index in [1.165, 1.54) is 16.4 Å². The summed E-state index contributed by atoms with van der Waals surface area (Å²) in [4.78, 5) is 10.1. The number of para-hydroxylation sites is 1. The van der Waals surface area contributed by atoms with E-state index in [-0.39, 0.29) is 35.1 Å². The molecule has 0 spiro atoms. The maximum atomic E-state index is 13.4. The lowest BCUT2D eigenvalue weighted by molar-refractivity contribution is -0.136. The van der Waals surface area contributed by atoms with Gasteiger partial charge in [0.25, 0.3) is 10.0 Å². The van der Waals surface area contributed by atoms with Crippen molar-refractivity contribution in [3.05, 3.63) is 53.5 Å². The number of aromatic amines is 1. The highest BCUT2D eigenvalue weighted by Gasteiger charge is 2.34. The number of furan rings is 1. The number of rotatable bonds is 7. The summed E-state index contributed by atoms with van der Waals surface area (Å²) in [7, 11) is -3.82. The van der Waals surface area contributed by atoms with Gasteiger partial charge in [0, 0.05) is 55.4 Å². The fraction of sp³-hybridized carbons (Fsp3) is 0.400. The van der Waals surface area contributed by atoms with Crippen LogP contribution in [0.15, 0.2) is 46.2 Å². The van der Waals surface area contributed by atoms with Gasteiger partial charge in [-0.15, -0.1) is 0 Å². The van der Waals surface area contributed by atoms with Crippen molar-refractivity contribution in [2.75, 3.05) is 38.0 Å². The Bertz CT molecular complexity index is 1590. The van der Waals surface area contributed by atoms with E-state index in [9.17, 15) is 21.6 Å². The minimum absolute atomic E-state index is 0.130. The lowest BCUT2D eigenvalue weighted by Crippen LogP contribution is -2.50. The first kappa shape index (κ1) is 27.1. The molecule has 0 radical (unpaired) electrons. The molecule has 0 saturated carbocycles. The molecule has 14 heteroatoms. The number of hydrogen-bond acceptors (Lipinski definition) is 8. The molecule has 208 valence electrons. The molecule has 0 amide bonds. The normalized spacial score (nSPS) is 16.6. The number of aryl methyl sites for hydroxylation is 1. The smallest absolute Gasteiger partial charge is 0.418 e. The van der Waals surface area contributed by atoms with Crippen molar-refractivity contribution in [2.24, 2.45) is 0 Å². The number of hydrogen-bond donors (Lipinski definition) is 2. The first-order valence-electron chi connectivity index (χ1n) is 12.4. The number of alkyl halides is 3. The van der Waals surface area contributed by atoms with Gasteiger partial charge in [-0.3, -0.25) is 10.00 Å². The highest BCUT2D eigenvalue weighted by Crippen LogP contribution is 2.35. The van der Waals surface area contributed by atoms with Crippen molar-refractivity contribution >= 4 is 26.7 Å². The maximum absolute atomic E-state index is 13.4. The Morgan fingerprint density at radius 3 is 2.51 bits per heavy atom. The second kappa shape index (κ2) is 10.2. The van der Waals surface area contributed by atoms with Crippen LogP contribution in [0.1, 0.15) is 23.7 Å². The Balaban J connectivity index is 1.21. The summed E-state index contributed by atoms with van der Waals surface area (Å²) in [6, 6.07) is 6.77. The van der Waals surface area contributed by atoms with Gasteiger partial charge in [0.2, 0.25) is 5.09 Å². The number of halogens is 3. The molecule has 1 aromatic carbocycles. The Morgan fingerprint density at radius 2 is 1.85 bits per heavy atom. The van der Waals surface area contributed by atoms with Crippen LogP contribution in [0.5, 0.6) is 0 Å². The Labute approximate surface area is 223 Å². The monoisotopic (exact) mass is 563 g/mol. The molecule has 39 heavy (non-hydrogen) atoms. The van der Waals surface area contributed by atoms with Crippen molar-refractivity contribution in [3.63, 3.8) is 0 Å². The van der Waals surface area contributed by atoms with E-state index in [0.29, 0.717) is 36.9 Å². The number of nitrogens with zero attached hydrogens (tertiary/aromatic N) is 5. The van der Waals surface area contributed by atoms with Crippen molar-refractivity contribution < 1.29 is 26.0 Å². The Morgan fingerprint density at radius 1 is 1.10 bits per heavy atom. The molecule has 10 nitrogen and oxygen atoms in total. The summed E-state index contributed by atoms with van der Waals surface area (Å²) < 4.78 is 73.7. The predicted octanol–water partition coefficient (Wildman–Crippen LogP) is 4.06. The minimum atomic E-state index is -4.52. The van der Waals surface area contributed by atoms with Gasteiger partial charge in [-0.1, -0.05) is 6.07 Å². The molecule has 5 rings (SSSR count). The molecule has 4 aromatic rings. The highest BCUT2D eigenvalue weighted by atomic mass is 32.2. The van der Waals surface area contributed by atoms with Crippen molar-refractivity contribution in [3.8, 4) is 11.5 Å². The van der Waals surface area contributed by atoms with Crippen molar-refractivity contribution in [2.45, 2.75) is 38.1 Å². The van der Waals surface area contributed by atoms with Crippen LogP contribution in [0.4, 0.5) is 19.0 Å². The number of sulfonamides is 1. The van der Waals surface area contributed by atoms with E-state index in [1.54, 1.807) is 12.1 Å². The number of aromatic nitrogens is 4. The zero-order valence-electron chi connectivity index (χ0n) is 21.6. The molecule has 1 aliphatic rings. The third-order valence-corrected chi connectivity index (χ3v) is 8.65. The van der Waals surface area contributed by atoms with Gasteiger partial charge in [0.1, 0.15) is 17.8 Å². The van der Waals surface area contributed by atoms with E-state index >= 15 is 0 Å². The molecule has 3 aromatic heterocycles. The quantitative estimate of drug-likeness (QED) is 0.346. The topological polar surface area (TPSA) is 120 Å². The van der Waals surface area contributed by atoms with Crippen LogP contribution in [0.3, 0.4) is 0 Å². The van der Waals surface area contributed by atoms with E-state index in [2.05, 4.69) is 30.4 Å². The summed E-state index contributed by atoms with van der Waals surface area (Å²) >= 11 is 0. The first-order valence-corrected chi connectivity index (χ1v) is 13.8. The second-order valence-corrected chi connectivity index (χ2v) is 11.5. The molecule has 2 N–H and O–H groups in total. The lowest BCUT2D eigenvalue weighted by atomic mass is 10.1. The molecule has 0 bridgehead atoms. The molecule has 1 atom stereocenters. The number of benzene rings is 1. The van der Waals surface area contributed by atoms with E-state index in [4.69, 9.17) is 4.42 Å². The van der Waals surface area contributed by atoms with Crippen LogP contribution in [-0.4, -0.2) is 76.6 Å². The minimum Gasteiger partial charge on any atom is -0.442 e. The second-order valence-electron chi connectivity index (χ2n) is 9.61. The van der Waals surface area contributed by atoms with Crippen LogP contribution in [0.25, 0.3) is 22.4 Å². The number of piperazine rings is 1. The molecule has 1 aliphatic heterocycles. The van der Waals surface area contributed by atoms with Crippen LogP contribution in [0.2, 0.25) is 0 Å². The van der Waals surface area contributed by atoms with Gasteiger partial charge in [0.15, 0.2) is 5.76 Å². The predicted molar refractivity (Wildman–Crippen MR) is 139 cm³/mol. The molecule has 4 heterocycles. The van der Waals surface area contributed by atoms with Gasteiger partial charge in [-0.2, -0.15) is 22.6 Å². The summed E-state index contributed by atoms with van der Waals surface area (Å²) in [6.45, 7) is 7.72. The zero-order chi connectivity index (χ0) is 27.9. The zero-order valence-corrected chi connectivity index (χ0v) is 22.4. The third-order valence-electron chi connectivity index (χ3n) is 6.88. The molecule has 0 unspecified atom stereocenters. The van der Waals surface area contributed by atoms with Gasteiger partial charge in [-0.05, 0) is 45.0 Å². The largest absolute Gasteiger partial charge is 0.442 e. The van der Waals surface area contributed by atoms with Crippen LogP contribution in [-0.2, 0) is 16.2 Å². The van der Waals surface area contributed by atoms with Crippen LogP contribution >= 0.6 is 0 Å². The number of fused-ring (bicyclic) bond motifs is 1. The molecule has 0 aliphatic carbocycles. The SMILES string of the molecule is Cc1[nH]nc(-c2ccc(S(=O)(=O)N3CCN(C[C@H](C)Nc4ncnc5c(C(F)(F)F)cccc45)CC3)o2)c1C. The van der Waals surface area contributed by atoms with Crippen LogP contribution in [0, 0.1) is 13.8 Å². The molecular formula is C25H28F3N7O3S. The average molecular weight is 564 g/mol. The van der Waals surface area contributed by atoms with E-state index < -0.39 is 21.8 Å². The fourth-order valence-electron chi connectivity index (χ4n) is 4.69. The first-order chi connectivity index (χ1) is 18.4. The van der Waals surface area contributed by atoms with Gasteiger partial charge >= 0.3 is 6.18 Å². The number of H-pyrrole nitrogens is 1. The summed E-state index contributed by atoms with van der Waals surface area (Å²) in [5, 5.41) is 10.4. The lowest BCUT2D eigenvalue weighted by Gasteiger charge is -2.35. The van der Waals surface area contributed by atoms with Crippen LogP contribution < -0.4 is 5.32 Å². The summed E-state index contributed by atoms with van der Waals surface area (Å²) in [5.74, 6) is 0.698. The maximum Gasteiger partial charge on any atom is 0.418 e. The van der Waals surface area contributed by atoms with Gasteiger partial charge in [0.05, 0.1) is 11.1 Å². The molecular weight excluding hydrogens is 535 g/mol. The van der Waals surface area contributed by atoms with Crippen molar-refractivity contribution in [1.29, 1.82) is 0 Å². The molecule has 1 saturated heterocycles. The number of anilines is 1. The van der Waals surface area contributed by atoms with Crippen molar-refractivity contribution in [1.82, 2.24) is 29.4 Å².